The molecule has 0 unspecified atom stereocenters. The van der Waals surface area contributed by atoms with Crippen molar-refractivity contribution in [2.45, 2.75) is 6.54 Å². The Balaban J connectivity index is 2.14. The number of hydrogen-bond acceptors (Lipinski definition) is 3. The van der Waals surface area contributed by atoms with Crippen LogP contribution in [0, 0.1) is 0 Å². The van der Waals surface area contributed by atoms with Crippen LogP contribution in [0.3, 0.4) is 0 Å². The predicted molar refractivity (Wildman–Crippen MR) is 68.3 cm³/mol. The summed E-state index contributed by atoms with van der Waals surface area (Å²) >= 11 is 0. The highest BCUT2D eigenvalue weighted by Gasteiger charge is 2.09. The van der Waals surface area contributed by atoms with Gasteiger partial charge in [-0.05, 0) is 5.56 Å². The zero-order valence-electron chi connectivity index (χ0n) is 9.95. The van der Waals surface area contributed by atoms with E-state index in [-0.39, 0.29) is 5.56 Å². The summed E-state index contributed by atoms with van der Waals surface area (Å²) in [6.45, 7) is 0.623. The standard InChI is InChI=1S/C13H12N4O/c1-16-8-15-13(18)11-12(16)14-9-17(11)7-10-5-3-2-4-6-10/h2-6,8-9H,7H2,1H3. The number of aromatic nitrogens is 4. The Morgan fingerprint density at radius 3 is 2.67 bits per heavy atom. The van der Waals surface area contributed by atoms with Crippen LogP contribution in [-0.2, 0) is 13.6 Å². The van der Waals surface area contributed by atoms with E-state index in [1.807, 2.05) is 41.9 Å². The van der Waals surface area contributed by atoms with Crippen LogP contribution in [0.5, 0.6) is 0 Å². The summed E-state index contributed by atoms with van der Waals surface area (Å²) in [7, 11) is 1.83. The number of fused-ring (bicyclic) bond motifs is 1. The normalized spacial score (nSPS) is 10.9. The second kappa shape index (κ2) is 4.10. The summed E-state index contributed by atoms with van der Waals surface area (Å²) in [4.78, 5) is 19.9. The lowest BCUT2D eigenvalue weighted by molar-refractivity contribution is 0.816. The van der Waals surface area contributed by atoms with Gasteiger partial charge in [0.05, 0.1) is 6.33 Å². The van der Waals surface area contributed by atoms with Gasteiger partial charge >= 0.3 is 0 Å². The van der Waals surface area contributed by atoms with Gasteiger partial charge in [0.2, 0.25) is 0 Å². The highest BCUT2D eigenvalue weighted by molar-refractivity contribution is 5.69. The topological polar surface area (TPSA) is 52.7 Å². The smallest absolute Gasteiger partial charge is 0.298 e. The van der Waals surface area contributed by atoms with Crippen LogP contribution in [0.15, 0.2) is 47.8 Å². The minimum absolute atomic E-state index is 0.239. The van der Waals surface area contributed by atoms with Crippen LogP contribution in [-0.4, -0.2) is 19.1 Å². The van der Waals surface area contributed by atoms with Gasteiger partial charge in [0.15, 0.2) is 11.2 Å². The van der Waals surface area contributed by atoms with Crippen molar-refractivity contribution in [3.63, 3.8) is 0 Å². The van der Waals surface area contributed by atoms with Crippen molar-refractivity contribution < 1.29 is 0 Å². The number of benzene rings is 1. The van der Waals surface area contributed by atoms with E-state index in [1.54, 1.807) is 10.9 Å². The molecule has 0 N–H and O–H groups in total. The van der Waals surface area contributed by atoms with Crippen LogP contribution in [0.25, 0.3) is 11.2 Å². The van der Waals surface area contributed by atoms with Crippen LogP contribution >= 0.6 is 0 Å². The van der Waals surface area contributed by atoms with E-state index >= 15 is 0 Å². The van der Waals surface area contributed by atoms with Crippen molar-refractivity contribution in [1.82, 2.24) is 19.1 Å². The molecule has 0 radical (unpaired) electrons. The minimum Gasteiger partial charge on any atom is -0.320 e. The molecule has 0 saturated carbocycles. The predicted octanol–water partition coefficient (Wildman–Crippen LogP) is 1.18. The molecule has 2 heterocycles. The van der Waals surface area contributed by atoms with Gasteiger partial charge in [-0.3, -0.25) is 4.79 Å². The molecule has 3 rings (SSSR count). The van der Waals surface area contributed by atoms with Crippen LogP contribution < -0.4 is 5.56 Å². The quantitative estimate of drug-likeness (QED) is 0.676. The van der Waals surface area contributed by atoms with Gasteiger partial charge in [-0.25, -0.2) is 4.98 Å². The van der Waals surface area contributed by atoms with E-state index in [4.69, 9.17) is 0 Å². The second-order valence-electron chi connectivity index (χ2n) is 4.19. The van der Waals surface area contributed by atoms with E-state index < -0.39 is 0 Å². The van der Waals surface area contributed by atoms with Gasteiger partial charge in [0.1, 0.15) is 6.33 Å². The molecule has 0 aliphatic carbocycles. The highest BCUT2D eigenvalue weighted by atomic mass is 16.1. The molecule has 0 aliphatic heterocycles. The van der Waals surface area contributed by atoms with Crippen molar-refractivity contribution >= 4 is 11.2 Å². The SMILES string of the molecule is Cn1cnc(=O)c2c1ncn2Cc1ccccc1. The van der Waals surface area contributed by atoms with E-state index in [0.717, 1.165) is 5.56 Å². The molecule has 0 spiro atoms. The third-order valence-corrected chi connectivity index (χ3v) is 2.90. The zero-order valence-corrected chi connectivity index (χ0v) is 9.95. The number of aryl methyl sites for hydroxylation is 1. The number of imidazole rings is 1. The fourth-order valence-corrected chi connectivity index (χ4v) is 2.00. The molecule has 0 bridgehead atoms. The number of rotatable bonds is 2. The van der Waals surface area contributed by atoms with Crippen LogP contribution in [0.2, 0.25) is 0 Å². The maximum Gasteiger partial charge on any atom is 0.298 e. The van der Waals surface area contributed by atoms with Gasteiger partial charge in [0, 0.05) is 13.6 Å². The van der Waals surface area contributed by atoms with Crippen molar-refractivity contribution in [3.8, 4) is 0 Å². The van der Waals surface area contributed by atoms with Crippen molar-refractivity contribution in [3.05, 3.63) is 58.9 Å². The molecule has 3 aromatic rings. The molecule has 0 aliphatic rings. The van der Waals surface area contributed by atoms with Crippen molar-refractivity contribution in [2.24, 2.45) is 7.05 Å². The molecule has 0 saturated heterocycles. The highest BCUT2D eigenvalue weighted by Crippen LogP contribution is 2.09. The Labute approximate surface area is 103 Å². The third kappa shape index (κ3) is 1.69. The summed E-state index contributed by atoms with van der Waals surface area (Å²) in [5, 5.41) is 0. The van der Waals surface area contributed by atoms with Gasteiger partial charge in [-0.2, -0.15) is 4.98 Å². The molecule has 0 atom stereocenters. The molecular formula is C13H12N4O. The first-order valence-corrected chi connectivity index (χ1v) is 5.66. The molecule has 1 aromatic carbocycles. The molecule has 2 aromatic heterocycles. The summed E-state index contributed by atoms with van der Waals surface area (Å²) < 4.78 is 3.58. The number of hydrogen-bond donors (Lipinski definition) is 0. The van der Waals surface area contributed by atoms with E-state index in [2.05, 4.69) is 9.97 Å². The van der Waals surface area contributed by atoms with E-state index in [9.17, 15) is 4.79 Å². The maximum absolute atomic E-state index is 11.8. The van der Waals surface area contributed by atoms with Crippen LogP contribution in [0.1, 0.15) is 5.56 Å². The molecule has 5 heteroatoms. The van der Waals surface area contributed by atoms with E-state index in [1.165, 1.54) is 6.33 Å². The maximum atomic E-state index is 11.8. The second-order valence-corrected chi connectivity index (χ2v) is 4.19. The first-order chi connectivity index (χ1) is 8.75. The summed E-state index contributed by atoms with van der Waals surface area (Å²) in [6, 6.07) is 9.96. The van der Waals surface area contributed by atoms with Gasteiger partial charge < -0.3 is 9.13 Å². The minimum atomic E-state index is -0.239. The van der Waals surface area contributed by atoms with Crippen molar-refractivity contribution in [1.29, 1.82) is 0 Å². The first-order valence-electron chi connectivity index (χ1n) is 5.66. The molecule has 0 fully saturated rings. The average molecular weight is 240 g/mol. The Hall–Kier alpha value is -2.43. The summed E-state index contributed by atoms with van der Waals surface area (Å²) in [6.07, 6.45) is 3.17. The molecule has 90 valence electrons. The largest absolute Gasteiger partial charge is 0.320 e. The Morgan fingerprint density at radius 2 is 1.89 bits per heavy atom. The summed E-state index contributed by atoms with van der Waals surface area (Å²) in [5.41, 5.74) is 2.09. The monoisotopic (exact) mass is 240 g/mol. The Kier molecular flexibility index (Phi) is 2.44. The van der Waals surface area contributed by atoms with Gasteiger partial charge in [-0.1, -0.05) is 30.3 Å². The molecule has 0 amide bonds. The third-order valence-electron chi connectivity index (χ3n) is 2.90. The molecular weight excluding hydrogens is 228 g/mol. The fourth-order valence-electron chi connectivity index (χ4n) is 2.00. The van der Waals surface area contributed by atoms with Crippen LogP contribution in [0.4, 0.5) is 0 Å². The lowest BCUT2D eigenvalue weighted by atomic mass is 10.2. The lowest BCUT2D eigenvalue weighted by Gasteiger charge is -2.04. The lowest BCUT2D eigenvalue weighted by Crippen LogP contribution is -2.14. The Bertz CT molecular complexity index is 743. The zero-order chi connectivity index (χ0) is 12.5. The average Bonchev–Trinajstić information content (AvgIpc) is 2.80. The summed E-state index contributed by atoms with van der Waals surface area (Å²) in [5.74, 6) is 0. The van der Waals surface area contributed by atoms with Gasteiger partial charge in [-0.15, -0.1) is 0 Å². The fraction of sp³-hybridized carbons (Fsp3) is 0.154. The molecule has 5 nitrogen and oxygen atoms in total. The number of nitrogens with zero attached hydrogens (tertiary/aromatic N) is 4. The Morgan fingerprint density at radius 1 is 1.11 bits per heavy atom. The van der Waals surface area contributed by atoms with Gasteiger partial charge in [0.25, 0.3) is 5.56 Å². The van der Waals surface area contributed by atoms with Crippen molar-refractivity contribution in [2.75, 3.05) is 0 Å². The molecule has 18 heavy (non-hydrogen) atoms. The first kappa shape index (κ1) is 10.7. The van der Waals surface area contributed by atoms with E-state index in [0.29, 0.717) is 17.7 Å².